The van der Waals surface area contributed by atoms with Crippen molar-refractivity contribution < 1.29 is 50.4 Å². The lowest BCUT2D eigenvalue weighted by molar-refractivity contribution is 0.330. The number of para-hydroxylation sites is 1. The van der Waals surface area contributed by atoms with Gasteiger partial charge in [-0.15, -0.1) is 0 Å². The van der Waals surface area contributed by atoms with Gasteiger partial charge in [-0.05, 0) is 61.9 Å². The highest BCUT2D eigenvalue weighted by Gasteiger charge is 2.29. The minimum absolute atomic E-state index is 0.156. The molecule has 49 heavy (non-hydrogen) atoms. The van der Waals surface area contributed by atoms with Crippen molar-refractivity contribution in [3.63, 3.8) is 0 Å². The fourth-order valence-corrected chi connectivity index (χ4v) is 6.80. The summed E-state index contributed by atoms with van der Waals surface area (Å²) in [5.74, 6) is -8.00. The fourth-order valence-electron chi connectivity index (χ4n) is 6.80. The molecule has 7 aromatic carbocycles. The van der Waals surface area contributed by atoms with E-state index in [0.717, 1.165) is 5.39 Å². The Balaban J connectivity index is 1.59. The molecule has 9 N–H and O–H groups in total. The van der Waals surface area contributed by atoms with Crippen molar-refractivity contribution in [1.82, 2.24) is 0 Å². The van der Waals surface area contributed by atoms with Crippen molar-refractivity contribution in [3.05, 3.63) is 84.9 Å². The van der Waals surface area contributed by atoms with Crippen LogP contribution in [-0.2, 0) is 0 Å². The van der Waals surface area contributed by atoms with E-state index in [-0.39, 0.29) is 22.3 Å². The molecule has 0 bridgehead atoms. The van der Waals surface area contributed by atoms with Crippen LogP contribution in [0.5, 0.6) is 51.7 Å². The van der Waals surface area contributed by atoms with Crippen LogP contribution in [0, 0.1) is 0 Å². The van der Waals surface area contributed by atoms with Crippen LogP contribution in [0.2, 0.25) is 0 Å². The predicted molar refractivity (Wildman–Crippen MR) is 185 cm³/mol. The lowest BCUT2D eigenvalue weighted by Crippen LogP contribution is -2.05. The van der Waals surface area contributed by atoms with E-state index in [1.807, 2.05) is 12.1 Å². The molecule has 0 aliphatic carbocycles. The first-order chi connectivity index (χ1) is 23.5. The summed E-state index contributed by atoms with van der Waals surface area (Å²) >= 11 is 0. The Morgan fingerprint density at radius 1 is 0.388 bits per heavy atom. The molecule has 0 aliphatic heterocycles. The standard InChI is InChI=1S/C38H23BO10/c39-29-34(44)30(40)24(31(41)35(29)45)15-13-21(26-20-11-5-6-12-22(20)49-23(26)14-15)25-16-7-1-3-9-18(16)27(19-10-4-2-8-17(19)25)28-32(42)36(46)38(48)37(47)33(28)43/h1-14,40-48H. The summed E-state index contributed by atoms with van der Waals surface area (Å²) in [6, 6.07) is 24.6. The van der Waals surface area contributed by atoms with Crippen molar-refractivity contribution >= 4 is 56.8 Å². The van der Waals surface area contributed by atoms with Gasteiger partial charge in [-0.2, -0.15) is 0 Å². The van der Waals surface area contributed by atoms with Gasteiger partial charge in [-0.1, -0.05) is 66.7 Å². The van der Waals surface area contributed by atoms with Gasteiger partial charge in [0.05, 0.1) is 11.1 Å². The van der Waals surface area contributed by atoms with E-state index in [4.69, 9.17) is 12.3 Å². The van der Waals surface area contributed by atoms with Gasteiger partial charge in [0.25, 0.3) is 0 Å². The monoisotopic (exact) mass is 650 g/mol. The van der Waals surface area contributed by atoms with Crippen LogP contribution in [0.15, 0.2) is 89.3 Å². The number of hydrogen-bond acceptors (Lipinski definition) is 10. The summed E-state index contributed by atoms with van der Waals surface area (Å²) in [6.45, 7) is 0. The molecule has 1 heterocycles. The van der Waals surface area contributed by atoms with E-state index in [2.05, 4.69) is 0 Å². The van der Waals surface area contributed by atoms with Crippen LogP contribution >= 0.6 is 0 Å². The van der Waals surface area contributed by atoms with Crippen molar-refractivity contribution in [2.24, 2.45) is 0 Å². The molecule has 2 radical (unpaired) electrons. The molecule has 0 aliphatic rings. The Morgan fingerprint density at radius 3 is 1.35 bits per heavy atom. The van der Waals surface area contributed by atoms with Crippen LogP contribution < -0.4 is 5.46 Å². The molecule has 0 fully saturated rings. The number of phenolic OH excluding ortho intramolecular Hbond substituents is 9. The Kier molecular flexibility index (Phi) is 6.21. The van der Waals surface area contributed by atoms with E-state index in [0.29, 0.717) is 49.2 Å². The fraction of sp³-hybridized carbons (Fsp3) is 0. The maximum absolute atomic E-state index is 11.1. The average Bonchev–Trinajstić information content (AvgIpc) is 3.50. The lowest BCUT2D eigenvalue weighted by Gasteiger charge is -2.21. The molecule has 8 rings (SSSR count). The zero-order valence-electron chi connectivity index (χ0n) is 25.1. The summed E-state index contributed by atoms with van der Waals surface area (Å²) in [5, 5.41) is 99.8. The molecule has 0 saturated carbocycles. The third-order valence-corrected chi connectivity index (χ3v) is 9.02. The van der Waals surface area contributed by atoms with Crippen LogP contribution in [-0.4, -0.2) is 53.8 Å². The number of furan rings is 1. The van der Waals surface area contributed by atoms with E-state index in [1.54, 1.807) is 72.8 Å². The van der Waals surface area contributed by atoms with E-state index >= 15 is 0 Å². The largest absolute Gasteiger partial charge is 0.505 e. The third kappa shape index (κ3) is 3.96. The van der Waals surface area contributed by atoms with E-state index in [1.165, 1.54) is 0 Å². The summed E-state index contributed by atoms with van der Waals surface area (Å²) in [4.78, 5) is 0. The SMILES string of the molecule is [B]c1c(O)c(O)c(-c2cc(-c3c4ccccc4c(-c4c(O)c(O)c(O)c(O)c4O)c4ccccc34)c3c(c2)oc2ccccc23)c(O)c1O. The highest BCUT2D eigenvalue weighted by atomic mass is 16.4. The van der Waals surface area contributed by atoms with Crippen LogP contribution in [0.1, 0.15) is 0 Å². The Labute approximate surface area is 276 Å². The minimum Gasteiger partial charge on any atom is -0.505 e. The smallest absolute Gasteiger partial charge is 0.208 e. The number of hydrogen-bond donors (Lipinski definition) is 9. The Hall–Kier alpha value is -6.88. The second-order valence-corrected chi connectivity index (χ2v) is 11.6. The van der Waals surface area contributed by atoms with Gasteiger partial charge in [-0.25, -0.2) is 0 Å². The highest BCUT2D eigenvalue weighted by molar-refractivity contribution is 6.37. The molecule has 10 nitrogen and oxygen atoms in total. The quantitative estimate of drug-likeness (QED) is 0.0414. The van der Waals surface area contributed by atoms with Crippen LogP contribution in [0.4, 0.5) is 0 Å². The molecule has 1 aromatic heterocycles. The lowest BCUT2D eigenvalue weighted by atomic mass is 9.83. The maximum Gasteiger partial charge on any atom is 0.208 e. The first-order valence-electron chi connectivity index (χ1n) is 14.8. The third-order valence-electron chi connectivity index (χ3n) is 9.02. The first-order valence-corrected chi connectivity index (χ1v) is 14.8. The molecular formula is C38H23BO10. The molecular weight excluding hydrogens is 627 g/mol. The average molecular weight is 650 g/mol. The Bertz CT molecular complexity index is 2620. The molecule has 0 spiro atoms. The summed E-state index contributed by atoms with van der Waals surface area (Å²) < 4.78 is 6.27. The van der Waals surface area contributed by atoms with Gasteiger partial charge in [0.15, 0.2) is 34.5 Å². The van der Waals surface area contributed by atoms with Gasteiger partial charge in [0.2, 0.25) is 17.2 Å². The highest BCUT2D eigenvalue weighted by Crippen LogP contribution is 2.58. The van der Waals surface area contributed by atoms with Crippen molar-refractivity contribution in [2.45, 2.75) is 0 Å². The zero-order valence-corrected chi connectivity index (χ0v) is 25.1. The van der Waals surface area contributed by atoms with Gasteiger partial charge < -0.3 is 50.4 Å². The van der Waals surface area contributed by atoms with Gasteiger partial charge >= 0.3 is 0 Å². The molecule has 0 unspecified atom stereocenters. The maximum atomic E-state index is 11.1. The number of benzene rings is 7. The normalized spacial score (nSPS) is 11.7. The predicted octanol–water partition coefficient (Wildman–Crippen LogP) is 7.04. The number of rotatable bonds is 3. The first kappa shape index (κ1) is 29.5. The van der Waals surface area contributed by atoms with Crippen molar-refractivity contribution in [3.8, 4) is 85.1 Å². The summed E-state index contributed by atoms with van der Waals surface area (Å²) in [7, 11) is 5.71. The molecule has 0 amide bonds. The Morgan fingerprint density at radius 2 is 0.816 bits per heavy atom. The second-order valence-electron chi connectivity index (χ2n) is 11.6. The number of aromatic hydroxyl groups is 9. The van der Waals surface area contributed by atoms with E-state index < -0.39 is 57.2 Å². The second kappa shape index (κ2) is 10.3. The summed E-state index contributed by atoms with van der Waals surface area (Å²) in [5.41, 5.74) is 1.19. The minimum atomic E-state index is -1.08. The van der Waals surface area contributed by atoms with Crippen molar-refractivity contribution in [1.29, 1.82) is 0 Å². The van der Waals surface area contributed by atoms with Crippen LogP contribution in [0.25, 0.3) is 76.9 Å². The molecule has 11 heteroatoms. The van der Waals surface area contributed by atoms with Gasteiger partial charge in [0.1, 0.15) is 19.0 Å². The van der Waals surface area contributed by atoms with E-state index in [9.17, 15) is 46.0 Å². The number of phenols is 9. The zero-order chi connectivity index (χ0) is 34.5. The molecule has 238 valence electrons. The number of fused-ring (bicyclic) bond motifs is 5. The van der Waals surface area contributed by atoms with Crippen LogP contribution in [0.3, 0.4) is 0 Å². The molecule has 0 saturated heterocycles. The van der Waals surface area contributed by atoms with Gasteiger partial charge in [0, 0.05) is 16.3 Å². The van der Waals surface area contributed by atoms with Crippen molar-refractivity contribution in [2.75, 3.05) is 0 Å². The topological polar surface area (TPSA) is 195 Å². The van der Waals surface area contributed by atoms with Gasteiger partial charge in [-0.3, -0.25) is 0 Å². The summed E-state index contributed by atoms with van der Waals surface area (Å²) in [6.07, 6.45) is 0. The molecule has 0 atom stereocenters. The molecule has 8 aromatic rings.